The normalized spacial score (nSPS) is 11.6. The Morgan fingerprint density at radius 1 is 0.830 bits per heavy atom. The highest BCUT2D eigenvalue weighted by Crippen LogP contribution is 2.44. The molecule has 0 N–H and O–H groups in total. The van der Waals surface area contributed by atoms with Crippen LogP contribution in [0.4, 0.5) is 26.3 Å². The molecule has 9 nitrogen and oxygen atoms in total. The van der Waals surface area contributed by atoms with Crippen LogP contribution < -0.4 is 23.7 Å². The van der Waals surface area contributed by atoms with Gasteiger partial charge in [0.25, 0.3) is 0 Å². The van der Waals surface area contributed by atoms with E-state index < -0.39 is 30.0 Å². The van der Waals surface area contributed by atoms with Crippen molar-refractivity contribution in [3.05, 3.63) is 82.8 Å². The van der Waals surface area contributed by atoms with Crippen molar-refractivity contribution in [2.75, 3.05) is 20.8 Å². The number of ether oxygens (including phenoxy) is 6. The zero-order chi connectivity index (χ0) is 34.5. The van der Waals surface area contributed by atoms with Crippen LogP contribution in [0.15, 0.2) is 54.7 Å². The molecule has 2 heterocycles. The molecule has 0 fully saturated rings. The SMILES string of the molecule is CCOC(=O)c1c(OCc2ccc(OC)cc2)cc(-c2c(Oc3ccc(OC(F)(F)F)cc3OC)cnc(C(F)(F)F)c2C)nc1C. The number of benzene rings is 2. The molecule has 0 radical (unpaired) electrons. The summed E-state index contributed by atoms with van der Waals surface area (Å²) >= 11 is 0. The quantitative estimate of drug-likeness (QED) is 0.116. The van der Waals surface area contributed by atoms with E-state index in [1.165, 1.54) is 20.1 Å². The van der Waals surface area contributed by atoms with E-state index in [1.807, 2.05) is 0 Å². The maximum atomic E-state index is 14.0. The summed E-state index contributed by atoms with van der Waals surface area (Å²) in [5, 5.41) is 0. The van der Waals surface area contributed by atoms with Gasteiger partial charge in [-0.05, 0) is 56.2 Å². The Kier molecular flexibility index (Phi) is 10.4. The molecule has 0 unspecified atom stereocenters. The molecule has 2 aromatic heterocycles. The first-order valence-corrected chi connectivity index (χ1v) is 13.8. The van der Waals surface area contributed by atoms with Crippen LogP contribution in [0.5, 0.6) is 34.5 Å². The third-order valence-electron chi connectivity index (χ3n) is 6.60. The Balaban J connectivity index is 1.86. The first kappa shape index (κ1) is 34.7. The molecule has 0 amide bonds. The van der Waals surface area contributed by atoms with Gasteiger partial charge in [-0.3, -0.25) is 4.98 Å². The monoisotopic (exact) mass is 666 g/mol. The maximum Gasteiger partial charge on any atom is 0.573 e. The van der Waals surface area contributed by atoms with E-state index in [0.717, 1.165) is 38.4 Å². The molecule has 0 saturated carbocycles. The Hall–Kier alpha value is -5.21. The van der Waals surface area contributed by atoms with Crippen molar-refractivity contribution in [2.24, 2.45) is 0 Å². The number of pyridine rings is 2. The van der Waals surface area contributed by atoms with Crippen LogP contribution in [0.2, 0.25) is 0 Å². The maximum absolute atomic E-state index is 14.0. The smallest absolute Gasteiger partial charge is 0.497 e. The van der Waals surface area contributed by atoms with E-state index in [9.17, 15) is 31.1 Å². The van der Waals surface area contributed by atoms with Crippen molar-refractivity contribution in [2.45, 2.75) is 39.9 Å². The van der Waals surface area contributed by atoms with Crippen LogP contribution in [-0.2, 0) is 17.5 Å². The second-order valence-corrected chi connectivity index (χ2v) is 9.75. The highest BCUT2D eigenvalue weighted by atomic mass is 19.4. The second-order valence-electron chi connectivity index (χ2n) is 9.75. The second kappa shape index (κ2) is 14.1. The Bertz CT molecular complexity index is 1740. The number of carbonyl (C=O) groups excluding carboxylic acids is 1. The fourth-order valence-corrected chi connectivity index (χ4v) is 4.54. The lowest BCUT2D eigenvalue weighted by molar-refractivity contribution is -0.274. The summed E-state index contributed by atoms with van der Waals surface area (Å²) in [4.78, 5) is 20.9. The van der Waals surface area contributed by atoms with Gasteiger partial charge < -0.3 is 28.4 Å². The number of aromatic nitrogens is 2. The number of methoxy groups -OCH3 is 2. The molecule has 0 aliphatic heterocycles. The van der Waals surface area contributed by atoms with Gasteiger partial charge in [-0.2, -0.15) is 13.2 Å². The number of alkyl halides is 6. The van der Waals surface area contributed by atoms with E-state index in [-0.39, 0.29) is 64.3 Å². The third kappa shape index (κ3) is 8.34. The van der Waals surface area contributed by atoms with Gasteiger partial charge in [0.1, 0.15) is 35.1 Å². The molecule has 47 heavy (non-hydrogen) atoms. The van der Waals surface area contributed by atoms with Crippen molar-refractivity contribution in [1.82, 2.24) is 9.97 Å². The molecule has 0 bridgehead atoms. The van der Waals surface area contributed by atoms with Crippen LogP contribution in [0.1, 0.15) is 39.8 Å². The number of aryl methyl sites for hydroxylation is 1. The van der Waals surface area contributed by atoms with Gasteiger partial charge >= 0.3 is 18.5 Å². The van der Waals surface area contributed by atoms with E-state index in [2.05, 4.69) is 14.7 Å². The number of esters is 1. The first-order valence-electron chi connectivity index (χ1n) is 13.8. The predicted octanol–water partition coefficient (Wildman–Crippen LogP) is 8.24. The summed E-state index contributed by atoms with van der Waals surface area (Å²) in [5.74, 6) is -1.46. The lowest BCUT2D eigenvalue weighted by Gasteiger charge is -2.20. The molecule has 0 aliphatic carbocycles. The van der Waals surface area contributed by atoms with Crippen LogP contribution in [0, 0.1) is 13.8 Å². The largest absolute Gasteiger partial charge is 0.573 e. The third-order valence-corrected chi connectivity index (χ3v) is 6.60. The lowest BCUT2D eigenvalue weighted by Crippen LogP contribution is -2.17. The van der Waals surface area contributed by atoms with E-state index >= 15 is 0 Å². The van der Waals surface area contributed by atoms with Gasteiger partial charge in [0.05, 0.1) is 38.4 Å². The van der Waals surface area contributed by atoms with Crippen molar-refractivity contribution >= 4 is 5.97 Å². The van der Waals surface area contributed by atoms with Crippen molar-refractivity contribution in [3.63, 3.8) is 0 Å². The van der Waals surface area contributed by atoms with Gasteiger partial charge in [0.15, 0.2) is 17.2 Å². The zero-order valence-electron chi connectivity index (χ0n) is 25.6. The molecular weight excluding hydrogens is 638 g/mol. The number of hydrogen-bond acceptors (Lipinski definition) is 9. The van der Waals surface area contributed by atoms with Crippen molar-refractivity contribution in [3.8, 4) is 45.8 Å². The number of rotatable bonds is 11. The van der Waals surface area contributed by atoms with Crippen LogP contribution in [-0.4, -0.2) is 43.1 Å². The first-order chi connectivity index (χ1) is 22.1. The fourth-order valence-electron chi connectivity index (χ4n) is 4.54. The molecule has 4 rings (SSSR count). The summed E-state index contributed by atoms with van der Waals surface area (Å²) in [6, 6.07) is 11.1. The summed E-state index contributed by atoms with van der Waals surface area (Å²) in [7, 11) is 2.66. The van der Waals surface area contributed by atoms with Crippen LogP contribution in [0.25, 0.3) is 11.3 Å². The number of nitrogens with zero attached hydrogens (tertiary/aromatic N) is 2. The summed E-state index contributed by atoms with van der Waals surface area (Å²) in [6.07, 6.45) is -9.06. The van der Waals surface area contributed by atoms with E-state index in [0.29, 0.717) is 11.3 Å². The van der Waals surface area contributed by atoms with E-state index in [4.69, 9.17) is 23.7 Å². The molecule has 2 aromatic carbocycles. The molecule has 15 heteroatoms. The van der Waals surface area contributed by atoms with Gasteiger partial charge in [0.2, 0.25) is 0 Å². The minimum Gasteiger partial charge on any atom is -0.497 e. The average molecular weight is 667 g/mol. The van der Waals surface area contributed by atoms with E-state index in [1.54, 1.807) is 31.2 Å². The summed E-state index contributed by atoms with van der Waals surface area (Å²) in [5.41, 5.74) is -1.18. The molecule has 0 aliphatic rings. The van der Waals surface area contributed by atoms with Crippen LogP contribution in [0.3, 0.4) is 0 Å². The molecule has 0 spiro atoms. The summed E-state index contributed by atoms with van der Waals surface area (Å²) in [6.45, 7) is 4.20. The Morgan fingerprint density at radius 3 is 2.11 bits per heavy atom. The summed E-state index contributed by atoms with van der Waals surface area (Å²) < 4.78 is 112. The zero-order valence-corrected chi connectivity index (χ0v) is 25.6. The number of carbonyl (C=O) groups is 1. The molecule has 0 atom stereocenters. The average Bonchev–Trinajstić information content (AvgIpc) is 2.99. The minimum absolute atomic E-state index is 0.0307. The van der Waals surface area contributed by atoms with Gasteiger partial charge in [-0.25, -0.2) is 9.78 Å². The molecule has 250 valence electrons. The molecule has 4 aromatic rings. The lowest BCUT2D eigenvalue weighted by atomic mass is 10.0. The predicted molar refractivity (Wildman–Crippen MR) is 155 cm³/mol. The van der Waals surface area contributed by atoms with Crippen molar-refractivity contribution < 1.29 is 59.6 Å². The standard InChI is InChI=1S/C32H28F6N2O7/c1-6-44-30(41)28-18(3)40-22(14-25(28)45-16-19-7-9-20(42-4)10-8-19)27-17(2)29(31(33,34)35)39-15-26(27)46-23-12-11-21(13-24(23)43-5)47-32(36,37)38/h7-15H,6,16H2,1-5H3. The minimum atomic E-state index is -4.98. The van der Waals surface area contributed by atoms with Crippen LogP contribution >= 0.6 is 0 Å². The number of hydrogen-bond donors (Lipinski definition) is 0. The Labute approximate surface area is 265 Å². The van der Waals surface area contributed by atoms with Crippen molar-refractivity contribution in [1.29, 1.82) is 0 Å². The molecular formula is C32H28F6N2O7. The van der Waals surface area contributed by atoms with Gasteiger partial charge in [-0.1, -0.05) is 12.1 Å². The highest BCUT2D eigenvalue weighted by molar-refractivity contribution is 5.94. The number of halogens is 6. The molecule has 0 saturated heterocycles. The topological polar surface area (TPSA) is 98.2 Å². The van der Waals surface area contributed by atoms with Gasteiger partial charge in [0, 0.05) is 17.7 Å². The van der Waals surface area contributed by atoms with Gasteiger partial charge in [-0.15, -0.1) is 13.2 Å². The fraction of sp³-hybridized carbons (Fsp3) is 0.281. The Morgan fingerprint density at radius 2 is 1.51 bits per heavy atom. The highest BCUT2D eigenvalue weighted by Gasteiger charge is 2.37.